The molecule has 0 saturated heterocycles. The standard InChI is InChI=1S/C27H36N8O3/c1-6-20-25-22-13-19-21(29-30-23(19)14-28-22)10-9-18-24(35(11-12-36)32-26(18)37-8-3)16-34(7-2)15-17(4)38-27(25)33(5)31-20/h9-10,13-14,17,36H,6-8,11-12,15-16H2,1-5H3,(H,29,30)/b10-9+. The van der Waals surface area contributed by atoms with Gasteiger partial charge < -0.3 is 14.6 Å². The average molecular weight is 521 g/mol. The molecule has 1 unspecified atom stereocenters. The van der Waals surface area contributed by atoms with Gasteiger partial charge in [0.05, 0.1) is 65.4 Å². The summed E-state index contributed by atoms with van der Waals surface area (Å²) in [4.78, 5) is 7.06. The van der Waals surface area contributed by atoms with E-state index >= 15 is 0 Å². The minimum atomic E-state index is -0.119. The van der Waals surface area contributed by atoms with Crippen molar-refractivity contribution in [1.82, 2.24) is 39.6 Å². The lowest BCUT2D eigenvalue weighted by molar-refractivity contribution is 0.133. The van der Waals surface area contributed by atoms with Crippen molar-refractivity contribution in [3.05, 3.63) is 34.9 Å². The van der Waals surface area contributed by atoms with Gasteiger partial charge in [0.1, 0.15) is 6.10 Å². The maximum Gasteiger partial charge on any atom is 0.240 e. The number of aryl methyl sites for hydroxylation is 2. The van der Waals surface area contributed by atoms with Crippen molar-refractivity contribution < 1.29 is 14.6 Å². The Kier molecular flexibility index (Phi) is 7.48. The van der Waals surface area contributed by atoms with Crippen molar-refractivity contribution in [2.24, 2.45) is 7.05 Å². The van der Waals surface area contributed by atoms with Crippen molar-refractivity contribution in [3.8, 4) is 23.0 Å². The molecule has 0 aliphatic carbocycles. The third-order valence-corrected chi connectivity index (χ3v) is 6.85. The lowest BCUT2D eigenvalue weighted by Gasteiger charge is -2.25. The first kappa shape index (κ1) is 25.9. The van der Waals surface area contributed by atoms with Crippen LogP contribution in [0, 0.1) is 0 Å². The van der Waals surface area contributed by atoms with Gasteiger partial charge in [0.15, 0.2) is 0 Å². The van der Waals surface area contributed by atoms with Crippen molar-refractivity contribution in [3.63, 3.8) is 0 Å². The van der Waals surface area contributed by atoms with Gasteiger partial charge in [-0.25, -0.2) is 4.68 Å². The highest BCUT2D eigenvalue weighted by atomic mass is 16.5. The van der Waals surface area contributed by atoms with Crippen LogP contribution in [-0.2, 0) is 26.6 Å². The number of aliphatic hydroxyl groups is 1. The number of H-pyrrole nitrogens is 1. The van der Waals surface area contributed by atoms with Crippen molar-refractivity contribution in [2.75, 3.05) is 26.3 Å². The third-order valence-electron chi connectivity index (χ3n) is 6.85. The fourth-order valence-electron chi connectivity index (χ4n) is 5.02. The number of nitrogens with zero attached hydrogens (tertiary/aromatic N) is 7. The molecule has 1 aliphatic heterocycles. The zero-order valence-electron chi connectivity index (χ0n) is 22.7. The van der Waals surface area contributed by atoms with Gasteiger partial charge in [-0.05, 0) is 45.0 Å². The molecule has 11 nitrogen and oxygen atoms in total. The Bertz CT molecular complexity index is 1450. The predicted octanol–water partition coefficient (Wildman–Crippen LogP) is 3.28. The van der Waals surface area contributed by atoms with E-state index in [-0.39, 0.29) is 12.7 Å². The number of aromatic amines is 1. The second-order valence-corrected chi connectivity index (χ2v) is 9.46. The van der Waals surface area contributed by atoms with Gasteiger partial charge in [0, 0.05) is 25.5 Å². The van der Waals surface area contributed by atoms with Crippen LogP contribution in [0.3, 0.4) is 0 Å². The molecule has 1 atom stereocenters. The molecule has 1 aliphatic rings. The second-order valence-electron chi connectivity index (χ2n) is 9.46. The molecular formula is C27H36N8O3. The van der Waals surface area contributed by atoms with E-state index in [1.807, 2.05) is 47.8 Å². The third kappa shape index (κ3) is 4.79. The molecule has 0 spiro atoms. The zero-order chi connectivity index (χ0) is 26.8. The number of rotatable bonds is 6. The Balaban J connectivity index is 1.72. The molecule has 202 valence electrons. The Hall–Kier alpha value is -3.70. The summed E-state index contributed by atoms with van der Waals surface area (Å²) in [7, 11) is 1.91. The number of nitrogens with one attached hydrogen (secondary N) is 1. The number of fused-ring (bicyclic) bond motifs is 4. The molecule has 0 fully saturated rings. The number of likely N-dealkylation sites (N-methyl/N-ethyl adjacent to an activating group) is 1. The molecule has 5 heterocycles. The first-order valence-electron chi connectivity index (χ1n) is 13.3. The maximum atomic E-state index is 9.74. The molecule has 0 radical (unpaired) electrons. The lowest BCUT2D eigenvalue weighted by atomic mass is 10.1. The van der Waals surface area contributed by atoms with Crippen LogP contribution in [-0.4, -0.2) is 77.2 Å². The molecular weight excluding hydrogens is 484 g/mol. The number of hydrogen-bond acceptors (Lipinski definition) is 8. The van der Waals surface area contributed by atoms with Crippen LogP contribution < -0.4 is 9.47 Å². The lowest BCUT2D eigenvalue weighted by Crippen LogP contribution is -2.34. The Morgan fingerprint density at radius 1 is 1.21 bits per heavy atom. The Morgan fingerprint density at radius 3 is 2.79 bits per heavy atom. The van der Waals surface area contributed by atoms with Crippen molar-refractivity contribution in [2.45, 2.75) is 53.3 Å². The molecule has 2 N–H and O–H groups in total. The summed E-state index contributed by atoms with van der Waals surface area (Å²) in [5.41, 5.74) is 6.14. The smallest absolute Gasteiger partial charge is 0.240 e. The van der Waals surface area contributed by atoms with Crippen molar-refractivity contribution >= 4 is 23.1 Å². The van der Waals surface area contributed by atoms with E-state index in [2.05, 4.69) is 35.9 Å². The van der Waals surface area contributed by atoms with Crippen molar-refractivity contribution in [1.29, 1.82) is 0 Å². The highest BCUT2D eigenvalue weighted by Gasteiger charge is 2.25. The number of ether oxygens (including phenoxy) is 2. The fraction of sp³-hybridized carbons (Fsp3) is 0.481. The molecule has 2 bridgehead atoms. The van der Waals surface area contributed by atoms with Crippen LogP contribution in [0.2, 0.25) is 0 Å². The highest BCUT2D eigenvalue weighted by Crippen LogP contribution is 2.35. The van der Waals surface area contributed by atoms with E-state index in [4.69, 9.17) is 24.7 Å². The predicted molar refractivity (Wildman–Crippen MR) is 146 cm³/mol. The summed E-state index contributed by atoms with van der Waals surface area (Å²) in [6.45, 7) is 11.2. The molecule has 0 amide bonds. The molecule has 4 aromatic rings. The van der Waals surface area contributed by atoms with Gasteiger partial charge in [-0.3, -0.25) is 19.7 Å². The summed E-state index contributed by atoms with van der Waals surface area (Å²) in [6.07, 6.45) is 6.44. The number of aliphatic hydroxyl groups excluding tert-OH is 1. The van der Waals surface area contributed by atoms with Crippen LogP contribution >= 0.6 is 0 Å². The van der Waals surface area contributed by atoms with E-state index in [1.165, 1.54) is 0 Å². The van der Waals surface area contributed by atoms with Crippen LogP contribution in [0.15, 0.2) is 12.3 Å². The Morgan fingerprint density at radius 2 is 2.05 bits per heavy atom. The average Bonchev–Trinajstić information content (AvgIpc) is 3.55. The quantitative estimate of drug-likeness (QED) is 0.398. The van der Waals surface area contributed by atoms with E-state index in [1.54, 1.807) is 0 Å². The molecule has 0 aromatic carbocycles. The minimum Gasteiger partial charge on any atom is -0.476 e. The van der Waals surface area contributed by atoms with Gasteiger partial charge in [-0.2, -0.15) is 10.2 Å². The van der Waals surface area contributed by atoms with E-state index < -0.39 is 0 Å². The Labute approximate surface area is 222 Å². The fourth-order valence-corrected chi connectivity index (χ4v) is 5.02. The topological polar surface area (TPSA) is 119 Å². The van der Waals surface area contributed by atoms with Gasteiger partial charge in [-0.15, -0.1) is 5.10 Å². The summed E-state index contributed by atoms with van der Waals surface area (Å²) in [5, 5.41) is 27.8. The highest BCUT2D eigenvalue weighted by molar-refractivity contribution is 5.92. The molecule has 38 heavy (non-hydrogen) atoms. The summed E-state index contributed by atoms with van der Waals surface area (Å²) in [6, 6.07) is 2.05. The monoisotopic (exact) mass is 520 g/mol. The first-order valence-corrected chi connectivity index (χ1v) is 13.3. The SMILES string of the molecule is CCOc1nn(CCO)c2c1/C=C/c1n[nH]c3cnc(cc13)-c1c(CC)nn(C)c1OC(C)CN(CC)C2. The van der Waals surface area contributed by atoms with Crippen LogP contribution in [0.5, 0.6) is 11.8 Å². The number of aromatic nitrogens is 7. The molecule has 0 saturated carbocycles. The molecule has 5 rings (SSSR count). The van der Waals surface area contributed by atoms with Crippen LogP contribution in [0.1, 0.15) is 50.3 Å². The normalized spacial score (nSPS) is 17.1. The molecule has 4 aromatic heterocycles. The van der Waals surface area contributed by atoms with Gasteiger partial charge >= 0.3 is 0 Å². The largest absolute Gasteiger partial charge is 0.476 e. The van der Waals surface area contributed by atoms with Crippen LogP contribution in [0.25, 0.3) is 34.3 Å². The summed E-state index contributed by atoms with van der Waals surface area (Å²) < 4.78 is 16.1. The number of pyridine rings is 1. The van der Waals surface area contributed by atoms with Crippen LogP contribution in [0.4, 0.5) is 0 Å². The number of hydrogen-bond donors (Lipinski definition) is 2. The first-order chi connectivity index (χ1) is 18.5. The van der Waals surface area contributed by atoms with Gasteiger partial charge in [0.2, 0.25) is 11.8 Å². The second kappa shape index (κ2) is 11.0. The van der Waals surface area contributed by atoms with E-state index in [0.29, 0.717) is 38.0 Å². The van der Waals surface area contributed by atoms with E-state index in [9.17, 15) is 5.11 Å². The zero-order valence-corrected chi connectivity index (χ0v) is 22.7. The minimum absolute atomic E-state index is 0.0160. The maximum absolute atomic E-state index is 9.74. The van der Waals surface area contributed by atoms with Gasteiger partial charge in [0.25, 0.3) is 0 Å². The van der Waals surface area contributed by atoms with Gasteiger partial charge in [-0.1, -0.05) is 13.8 Å². The molecule has 11 heteroatoms. The summed E-state index contributed by atoms with van der Waals surface area (Å²) in [5.74, 6) is 1.25. The summed E-state index contributed by atoms with van der Waals surface area (Å²) >= 11 is 0. The van der Waals surface area contributed by atoms with E-state index in [0.717, 1.165) is 57.8 Å².